The van der Waals surface area contributed by atoms with Gasteiger partial charge in [0.25, 0.3) is 0 Å². The number of rotatable bonds is 6. The Morgan fingerprint density at radius 1 is 1.04 bits per heavy atom. The van der Waals surface area contributed by atoms with Gasteiger partial charge in [-0.1, -0.05) is 19.1 Å². The van der Waals surface area contributed by atoms with E-state index in [4.69, 9.17) is 4.98 Å². The van der Waals surface area contributed by atoms with Gasteiger partial charge in [0.1, 0.15) is 5.82 Å². The van der Waals surface area contributed by atoms with Crippen molar-refractivity contribution in [3.63, 3.8) is 0 Å². The number of halogens is 1. The molecule has 0 atom stereocenters. The van der Waals surface area contributed by atoms with Crippen molar-refractivity contribution in [2.24, 2.45) is 0 Å². The van der Waals surface area contributed by atoms with Crippen molar-refractivity contribution in [1.29, 1.82) is 0 Å². The van der Waals surface area contributed by atoms with Crippen LogP contribution in [0.15, 0.2) is 48.5 Å². The number of piperazine rings is 1. The molecule has 0 bridgehead atoms. The van der Waals surface area contributed by atoms with Crippen molar-refractivity contribution in [1.82, 2.24) is 14.5 Å². The Hall–Kier alpha value is -2.73. The maximum Gasteiger partial charge on any atom is 0.206 e. The molecule has 2 heterocycles. The summed E-state index contributed by atoms with van der Waals surface area (Å²) < 4.78 is 15.3. The van der Waals surface area contributed by atoms with Gasteiger partial charge in [-0.3, -0.25) is 9.69 Å². The maximum absolute atomic E-state index is 13.0. The normalized spacial score (nSPS) is 15.3. The number of aryl methyl sites for hydroxylation is 1. The van der Waals surface area contributed by atoms with Gasteiger partial charge in [-0.05, 0) is 42.8 Å². The number of imidazole rings is 1. The molecule has 5 nitrogen and oxygen atoms in total. The van der Waals surface area contributed by atoms with Crippen LogP contribution in [0.2, 0.25) is 0 Å². The molecule has 1 fully saturated rings. The third-order valence-electron chi connectivity index (χ3n) is 5.27. The van der Waals surface area contributed by atoms with Crippen molar-refractivity contribution < 1.29 is 9.18 Å². The van der Waals surface area contributed by atoms with Gasteiger partial charge < -0.3 is 9.47 Å². The van der Waals surface area contributed by atoms with E-state index in [1.165, 1.54) is 17.6 Å². The number of fused-ring (bicyclic) bond motifs is 1. The predicted molar refractivity (Wildman–Crippen MR) is 109 cm³/mol. The lowest BCUT2D eigenvalue weighted by molar-refractivity contribution is 0.0926. The number of hydrogen-bond acceptors (Lipinski definition) is 4. The van der Waals surface area contributed by atoms with E-state index in [0.717, 1.165) is 50.6 Å². The topological polar surface area (TPSA) is 41.4 Å². The molecule has 2 aromatic carbocycles. The van der Waals surface area contributed by atoms with Gasteiger partial charge in [0.15, 0.2) is 5.78 Å². The van der Waals surface area contributed by atoms with Crippen molar-refractivity contribution in [2.75, 3.05) is 37.6 Å². The number of para-hydroxylation sites is 2. The largest absolute Gasteiger partial charge is 0.340 e. The molecule has 1 aliphatic heterocycles. The fourth-order valence-corrected chi connectivity index (χ4v) is 3.78. The minimum absolute atomic E-state index is 0.0340. The van der Waals surface area contributed by atoms with Crippen molar-refractivity contribution >= 4 is 22.8 Å². The lowest BCUT2D eigenvalue weighted by Crippen LogP contribution is -2.48. The molecule has 0 radical (unpaired) electrons. The Balaban J connectivity index is 1.43. The van der Waals surface area contributed by atoms with E-state index >= 15 is 0 Å². The molecule has 0 saturated carbocycles. The summed E-state index contributed by atoms with van der Waals surface area (Å²) >= 11 is 0. The second-order valence-electron chi connectivity index (χ2n) is 7.25. The molecule has 0 amide bonds. The zero-order valence-electron chi connectivity index (χ0n) is 16.1. The Morgan fingerprint density at radius 3 is 2.46 bits per heavy atom. The van der Waals surface area contributed by atoms with E-state index in [0.29, 0.717) is 12.1 Å². The molecule has 4 rings (SSSR count). The Labute approximate surface area is 164 Å². The number of Topliss-reactive ketones (excluding diaryl/α,β-unsaturated/α-hetero) is 1. The number of hydrogen-bond donors (Lipinski definition) is 0. The van der Waals surface area contributed by atoms with Gasteiger partial charge in [-0.15, -0.1) is 0 Å². The van der Waals surface area contributed by atoms with Crippen LogP contribution in [0, 0.1) is 5.82 Å². The number of benzene rings is 2. The van der Waals surface area contributed by atoms with Gasteiger partial charge in [-0.2, -0.15) is 0 Å². The quantitative estimate of drug-likeness (QED) is 0.613. The average molecular weight is 380 g/mol. The van der Waals surface area contributed by atoms with Crippen LogP contribution in [0.25, 0.3) is 11.0 Å². The fourth-order valence-electron chi connectivity index (χ4n) is 3.78. The van der Waals surface area contributed by atoms with E-state index in [1.54, 1.807) is 12.1 Å². The smallest absolute Gasteiger partial charge is 0.206 e. The summed E-state index contributed by atoms with van der Waals surface area (Å²) in [4.78, 5) is 21.8. The summed E-state index contributed by atoms with van der Waals surface area (Å²) in [7, 11) is 0. The molecule has 0 N–H and O–H groups in total. The lowest BCUT2D eigenvalue weighted by atomic mass is 10.1. The highest BCUT2D eigenvalue weighted by Crippen LogP contribution is 2.24. The van der Waals surface area contributed by atoms with Gasteiger partial charge in [-0.25, -0.2) is 9.37 Å². The summed E-state index contributed by atoms with van der Waals surface area (Å²) in [6.45, 7) is 6.78. The third-order valence-corrected chi connectivity index (χ3v) is 5.27. The van der Waals surface area contributed by atoms with Crippen LogP contribution < -0.4 is 4.90 Å². The number of carbonyl (C=O) groups is 1. The van der Waals surface area contributed by atoms with Crippen LogP contribution in [0.5, 0.6) is 0 Å². The molecule has 1 aromatic heterocycles. The van der Waals surface area contributed by atoms with E-state index in [1.807, 2.05) is 6.07 Å². The van der Waals surface area contributed by atoms with Crippen LogP contribution in [-0.2, 0) is 6.54 Å². The van der Waals surface area contributed by atoms with Crippen LogP contribution in [0.1, 0.15) is 23.7 Å². The Kier molecular flexibility index (Phi) is 5.39. The van der Waals surface area contributed by atoms with Crippen LogP contribution in [0.4, 0.5) is 10.3 Å². The minimum atomic E-state index is -0.319. The lowest BCUT2D eigenvalue weighted by Gasteiger charge is -2.35. The summed E-state index contributed by atoms with van der Waals surface area (Å²) in [6.07, 6.45) is 1.06. The van der Waals surface area contributed by atoms with Crippen LogP contribution >= 0.6 is 0 Å². The van der Waals surface area contributed by atoms with E-state index < -0.39 is 0 Å². The second kappa shape index (κ2) is 8.10. The molecule has 0 spiro atoms. The molecule has 0 aliphatic carbocycles. The number of nitrogens with zero attached hydrogens (tertiary/aromatic N) is 4. The zero-order valence-corrected chi connectivity index (χ0v) is 16.1. The molecule has 3 aromatic rings. The first kappa shape index (κ1) is 18.6. The molecular weight excluding hydrogens is 355 g/mol. The molecule has 6 heteroatoms. The third kappa shape index (κ3) is 3.78. The van der Waals surface area contributed by atoms with Gasteiger partial charge in [0, 0.05) is 38.3 Å². The first-order valence-electron chi connectivity index (χ1n) is 9.87. The number of ketones is 1. The summed E-state index contributed by atoms with van der Waals surface area (Å²) in [5, 5.41) is 0. The van der Waals surface area contributed by atoms with Crippen LogP contribution in [-0.4, -0.2) is 53.0 Å². The van der Waals surface area contributed by atoms with Crippen molar-refractivity contribution in [3.8, 4) is 0 Å². The first-order valence-corrected chi connectivity index (χ1v) is 9.87. The number of carbonyl (C=O) groups excluding carboxylic acids is 1. The van der Waals surface area contributed by atoms with Crippen LogP contribution in [0.3, 0.4) is 0 Å². The summed E-state index contributed by atoms with van der Waals surface area (Å²) in [5.74, 6) is 0.736. The number of aromatic nitrogens is 2. The van der Waals surface area contributed by atoms with E-state index in [2.05, 4.69) is 39.5 Å². The molecule has 0 unspecified atom stereocenters. The average Bonchev–Trinajstić information content (AvgIpc) is 3.08. The van der Waals surface area contributed by atoms with Gasteiger partial charge >= 0.3 is 0 Å². The highest BCUT2D eigenvalue weighted by Gasteiger charge is 2.23. The van der Waals surface area contributed by atoms with Crippen molar-refractivity contribution in [3.05, 3.63) is 59.9 Å². The number of anilines is 1. The standard InChI is InChI=1S/C22H25FN4O/c1-2-11-27-20-6-4-3-5-19(20)24-22(27)26-14-12-25(13-15-26)16-21(28)17-7-9-18(23)10-8-17/h3-10H,2,11-16H2,1H3. The van der Waals surface area contributed by atoms with Gasteiger partial charge in [0.05, 0.1) is 17.6 Å². The molecule has 28 heavy (non-hydrogen) atoms. The van der Waals surface area contributed by atoms with E-state index in [-0.39, 0.29) is 11.6 Å². The first-order chi connectivity index (χ1) is 13.7. The minimum Gasteiger partial charge on any atom is -0.340 e. The summed E-state index contributed by atoms with van der Waals surface area (Å²) in [6, 6.07) is 14.0. The summed E-state index contributed by atoms with van der Waals surface area (Å²) in [5.41, 5.74) is 2.77. The molecule has 1 saturated heterocycles. The maximum atomic E-state index is 13.0. The Bertz CT molecular complexity index is 958. The Morgan fingerprint density at radius 2 is 1.75 bits per heavy atom. The monoisotopic (exact) mass is 380 g/mol. The SMILES string of the molecule is CCCn1c(N2CCN(CC(=O)c3ccc(F)cc3)CC2)nc2ccccc21. The zero-order chi connectivity index (χ0) is 19.5. The van der Waals surface area contributed by atoms with Gasteiger partial charge in [0.2, 0.25) is 5.95 Å². The highest BCUT2D eigenvalue weighted by atomic mass is 19.1. The second-order valence-corrected chi connectivity index (χ2v) is 7.25. The predicted octanol–water partition coefficient (Wildman–Crippen LogP) is 3.59. The van der Waals surface area contributed by atoms with Crippen molar-refractivity contribution in [2.45, 2.75) is 19.9 Å². The van der Waals surface area contributed by atoms with E-state index in [9.17, 15) is 9.18 Å². The fraction of sp³-hybridized carbons (Fsp3) is 0.364. The molecule has 146 valence electrons. The highest BCUT2D eigenvalue weighted by molar-refractivity contribution is 5.97. The molecular formula is C22H25FN4O. The molecule has 1 aliphatic rings.